The summed E-state index contributed by atoms with van der Waals surface area (Å²) in [5.74, 6) is -0.770. The molecule has 0 aliphatic rings. The molecule has 1 aromatic heterocycles. The molecule has 4 heteroatoms. The maximum atomic E-state index is 13.1. The van der Waals surface area contributed by atoms with Crippen LogP contribution in [0.15, 0.2) is 60.9 Å². The monoisotopic (exact) mass is 266 g/mol. The molecule has 0 bridgehead atoms. The Balaban J connectivity index is 1.95. The Morgan fingerprint density at radius 2 is 1.95 bits per heavy atom. The lowest BCUT2D eigenvalue weighted by Crippen LogP contribution is -2.12. The van der Waals surface area contributed by atoms with E-state index in [0.29, 0.717) is 5.69 Å². The van der Waals surface area contributed by atoms with Crippen LogP contribution in [-0.4, -0.2) is 10.9 Å². The first-order valence-electron chi connectivity index (χ1n) is 6.14. The summed E-state index contributed by atoms with van der Waals surface area (Å²) >= 11 is 0. The Bertz CT molecular complexity index is 781. The summed E-state index contributed by atoms with van der Waals surface area (Å²) in [5, 5.41) is 4.63. The van der Waals surface area contributed by atoms with E-state index in [0.717, 1.165) is 10.8 Å². The molecule has 0 saturated heterocycles. The molecule has 3 rings (SSSR count). The summed E-state index contributed by atoms with van der Waals surface area (Å²) in [6, 6.07) is 13.0. The number of hydrogen-bond donors (Lipinski definition) is 1. The lowest BCUT2D eigenvalue weighted by atomic mass is 10.1. The zero-order valence-corrected chi connectivity index (χ0v) is 10.5. The van der Waals surface area contributed by atoms with Gasteiger partial charge >= 0.3 is 0 Å². The number of fused-ring (bicyclic) bond motifs is 1. The van der Waals surface area contributed by atoms with Crippen molar-refractivity contribution in [2.75, 3.05) is 5.32 Å². The molecular weight excluding hydrogens is 255 g/mol. The second-order valence-electron chi connectivity index (χ2n) is 4.37. The van der Waals surface area contributed by atoms with Crippen LogP contribution in [0.1, 0.15) is 10.4 Å². The highest BCUT2D eigenvalue weighted by atomic mass is 19.1. The van der Waals surface area contributed by atoms with Gasteiger partial charge in [-0.2, -0.15) is 0 Å². The van der Waals surface area contributed by atoms with E-state index in [1.165, 1.54) is 18.2 Å². The van der Waals surface area contributed by atoms with Crippen LogP contribution in [-0.2, 0) is 0 Å². The largest absolute Gasteiger partial charge is 0.321 e. The molecule has 0 aliphatic carbocycles. The number of benzene rings is 2. The first-order valence-corrected chi connectivity index (χ1v) is 6.14. The Kier molecular flexibility index (Phi) is 3.13. The lowest BCUT2D eigenvalue weighted by Gasteiger charge is -2.08. The predicted octanol–water partition coefficient (Wildman–Crippen LogP) is 3.63. The van der Waals surface area contributed by atoms with Gasteiger partial charge in [-0.05, 0) is 30.3 Å². The first-order chi connectivity index (χ1) is 9.74. The molecule has 0 fully saturated rings. The van der Waals surface area contributed by atoms with Crippen LogP contribution in [0.2, 0.25) is 0 Å². The minimum Gasteiger partial charge on any atom is -0.321 e. The zero-order valence-electron chi connectivity index (χ0n) is 10.5. The molecule has 0 spiro atoms. The summed E-state index contributed by atoms with van der Waals surface area (Å²) in [5.41, 5.74) is 0.968. The molecule has 1 amide bonds. The van der Waals surface area contributed by atoms with Crippen LogP contribution < -0.4 is 5.32 Å². The fourth-order valence-corrected chi connectivity index (χ4v) is 2.06. The summed E-state index contributed by atoms with van der Waals surface area (Å²) < 4.78 is 13.1. The van der Waals surface area contributed by atoms with E-state index >= 15 is 0 Å². The zero-order chi connectivity index (χ0) is 13.9. The molecular formula is C16H11FN2O. The molecule has 3 nitrogen and oxygen atoms in total. The number of anilines is 1. The van der Waals surface area contributed by atoms with E-state index < -0.39 is 5.82 Å². The van der Waals surface area contributed by atoms with Crippen molar-refractivity contribution < 1.29 is 9.18 Å². The molecule has 0 radical (unpaired) electrons. The number of amides is 1. The third kappa shape index (κ3) is 2.36. The van der Waals surface area contributed by atoms with Crippen LogP contribution in [0.25, 0.3) is 10.8 Å². The van der Waals surface area contributed by atoms with Crippen molar-refractivity contribution in [3.63, 3.8) is 0 Å². The van der Waals surface area contributed by atoms with Crippen molar-refractivity contribution in [2.45, 2.75) is 0 Å². The average molecular weight is 266 g/mol. The minimum absolute atomic E-state index is 0.288. The van der Waals surface area contributed by atoms with Gasteiger partial charge in [0.2, 0.25) is 0 Å². The highest BCUT2D eigenvalue weighted by Gasteiger charge is 2.08. The third-order valence-corrected chi connectivity index (χ3v) is 3.02. The van der Waals surface area contributed by atoms with Gasteiger partial charge in [-0.1, -0.05) is 18.2 Å². The minimum atomic E-state index is -0.431. The molecule has 0 saturated carbocycles. The van der Waals surface area contributed by atoms with Crippen molar-refractivity contribution in [2.24, 2.45) is 0 Å². The van der Waals surface area contributed by atoms with E-state index in [2.05, 4.69) is 10.3 Å². The van der Waals surface area contributed by atoms with Crippen LogP contribution >= 0.6 is 0 Å². The van der Waals surface area contributed by atoms with Crippen LogP contribution in [0.4, 0.5) is 10.1 Å². The topological polar surface area (TPSA) is 42.0 Å². The first kappa shape index (κ1) is 12.3. The Labute approximate surface area is 115 Å². The molecule has 20 heavy (non-hydrogen) atoms. The molecule has 98 valence electrons. The Morgan fingerprint density at radius 3 is 2.80 bits per heavy atom. The number of carbonyl (C=O) groups is 1. The lowest BCUT2D eigenvalue weighted by molar-refractivity contribution is 0.102. The number of nitrogens with one attached hydrogen (secondary N) is 1. The number of halogens is 1. The summed E-state index contributed by atoms with van der Waals surface area (Å²) in [6.45, 7) is 0. The van der Waals surface area contributed by atoms with Crippen molar-refractivity contribution in [1.82, 2.24) is 4.98 Å². The van der Waals surface area contributed by atoms with Crippen LogP contribution in [0, 0.1) is 5.82 Å². The number of carbonyl (C=O) groups excluding carboxylic acids is 1. The van der Waals surface area contributed by atoms with Gasteiger partial charge < -0.3 is 5.32 Å². The third-order valence-electron chi connectivity index (χ3n) is 3.02. The van der Waals surface area contributed by atoms with Crippen molar-refractivity contribution in [3.8, 4) is 0 Å². The molecule has 3 aromatic rings. The van der Waals surface area contributed by atoms with Gasteiger partial charge in [0.05, 0.1) is 0 Å². The van der Waals surface area contributed by atoms with Gasteiger partial charge in [0.25, 0.3) is 5.91 Å². The molecule has 0 unspecified atom stereocenters. The van der Waals surface area contributed by atoms with Crippen molar-refractivity contribution in [1.29, 1.82) is 0 Å². The van der Waals surface area contributed by atoms with E-state index in [9.17, 15) is 9.18 Å². The Morgan fingerprint density at radius 1 is 1.10 bits per heavy atom. The second-order valence-corrected chi connectivity index (χ2v) is 4.37. The molecule has 0 atom stereocenters. The fraction of sp³-hybridized carbons (Fsp3) is 0. The average Bonchev–Trinajstić information content (AvgIpc) is 2.47. The van der Waals surface area contributed by atoms with E-state index in [1.807, 2.05) is 18.2 Å². The molecule has 1 N–H and O–H groups in total. The van der Waals surface area contributed by atoms with Gasteiger partial charge in [-0.15, -0.1) is 0 Å². The smallest absolute Gasteiger partial charge is 0.255 e. The Hall–Kier alpha value is -2.75. The fourth-order valence-electron chi connectivity index (χ4n) is 2.06. The molecule has 1 heterocycles. The van der Waals surface area contributed by atoms with Gasteiger partial charge in [-0.3, -0.25) is 9.78 Å². The SMILES string of the molecule is O=C(Nc1cccc2cnccc12)c1cccc(F)c1. The van der Waals surface area contributed by atoms with E-state index in [-0.39, 0.29) is 11.5 Å². The van der Waals surface area contributed by atoms with Crippen molar-refractivity contribution in [3.05, 3.63) is 72.3 Å². The second kappa shape index (κ2) is 5.09. The van der Waals surface area contributed by atoms with Crippen LogP contribution in [0.5, 0.6) is 0 Å². The van der Waals surface area contributed by atoms with Gasteiger partial charge in [-0.25, -0.2) is 4.39 Å². The van der Waals surface area contributed by atoms with E-state index in [4.69, 9.17) is 0 Å². The number of hydrogen-bond acceptors (Lipinski definition) is 2. The molecule has 2 aromatic carbocycles. The maximum Gasteiger partial charge on any atom is 0.255 e. The summed E-state index contributed by atoms with van der Waals surface area (Å²) in [6.07, 6.45) is 3.40. The van der Waals surface area contributed by atoms with Gasteiger partial charge in [0.15, 0.2) is 0 Å². The number of pyridine rings is 1. The highest BCUT2D eigenvalue weighted by molar-refractivity contribution is 6.08. The van der Waals surface area contributed by atoms with Gasteiger partial charge in [0, 0.05) is 34.4 Å². The number of nitrogens with zero attached hydrogens (tertiary/aromatic N) is 1. The normalized spacial score (nSPS) is 10.4. The maximum absolute atomic E-state index is 13.1. The highest BCUT2D eigenvalue weighted by Crippen LogP contribution is 2.22. The van der Waals surface area contributed by atoms with Crippen molar-refractivity contribution >= 4 is 22.4 Å². The standard InChI is InChI=1S/C16H11FN2O/c17-13-5-1-3-11(9-13)16(20)19-15-6-2-4-12-10-18-8-7-14(12)15/h1-10H,(H,19,20). The van der Waals surface area contributed by atoms with Gasteiger partial charge in [0.1, 0.15) is 5.82 Å². The quantitative estimate of drug-likeness (QED) is 0.769. The summed E-state index contributed by atoms with van der Waals surface area (Å²) in [7, 11) is 0. The molecule has 0 aliphatic heterocycles. The summed E-state index contributed by atoms with van der Waals surface area (Å²) in [4.78, 5) is 16.2. The van der Waals surface area contributed by atoms with Crippen LogP contribution in [0.3, 0.4) is 0 Å². The number of aromatic nitrogens is 1. The van der Waals surface area contributed by atoms with E-state index in [1.54, 1.807) is 24.5 Å². The predicted molar refractivity (Wildman–Crippen MR) is 76.1 cm³/mol. The number of rotatable bonds is 2.